The lowest BCUT2D eigenvalue weighted by Gasteiger charge is -2.36. The van der Waals surface area contributed by atoms with Gasteiger partial charge in [0.25, 0.3) is 0 Å². The highest BCUT2D eigenvalue weighted by molar-refractivity contribution is 5.75. The van der Waals surface area contributed by atoms with Crippen LogP contribution in [0.25, 0.3) is 0 Å². The summed E-state index contributed by atoms with van der Waals surface area (Å²) in [6.45, 7) is 9.48. The molecule has 0 saturated carbocycles. The molecule has 2 aromatic carbocycles. The maximum Gasteiger partial charge on any atom is 0.410 e. The Balaban J connectivity index is 1.49. The Labute approximate surface area is 225 Å². The van der Waals surface area contributed by atoms with Gasteiger partial charge in [-0.05, 0) is 31.9 Å². The first-order valence-electron chi connectivity index (χ1n) is 13.0. The van der Waals surface area contributed by atoms with Gasteiger partial charge in [0.2, 0.25) is 0 Å². The second-order valence-corrected chi connectivity index (χ2v) is 10.3. The zero-order valence-corrected chi connectivity index (χ0v) is 22.6. The van der Waals surface area contributed by atoms with E-state index in [1.165, 1.54) is 0 Å². The normalized spacial score (nSPS) is 14.3. The van der Waals surface area contributed by atoms with Gasteiger partial charge in [-0.15, -0.1) is 0 Å². The number of ether oxygens (including phenoxy) is 3. The molecule has 0 radical (unpaired) electrons. The Hall–Kier alpha value is -3.43. The smallest absolute Gasteiger partial charge is 0.410 e. The minimum Gasteiger partial charge on any atom is -0.460 e. The van der Waals surface area contributed by atoms with Crippen molar-refractivity contribution < 1.29 is 28.6 Å². The molecule has 0 aliphatic carbocycles. The predicted octanol–water partition coefficient (Wildman–Crippen LogP) is 3.33. The quantitative estimate of drug-likeness (QED) is 0.326. The zero-order chi connectivity index (χ0) is 27.4. The van der Waals surface area contributed by atoms with E-state index in [4.69, 9.17) is 14.2 Å². The average Bonchev–Trinajstić information content (AvgIpc) is 2.90. The fraction of sp³-hybridized carbons (Fsp3) is 0.483. The third-order valence-electron chi connectivity index (χ3n) is 5.95. The Morgan fingerprint density at radius 1 is 0.763 bits per heavy atom. The van der Waals surface area contributed by atoms with Crippen molar-refractivity contribution in [3.05, 3.63) is 71.8 Å². The van der Waals surface area contributed by atoms with Crippen LogP contribution >= 0.6 is 0 Å². The molecule has 0 atom stereocenters. The van der Waals surface area contributed by atoms with Crippen molar-refractivity contribution in [3.8, 4) is 0 Å². The van der Waals surface area contributed by atoms with Gasteiger partial charge in [0.1, 0.15) is 18.8 Å². The van der Waals surface area contributed by atoms with E-state index in [1.807, 2.05) is 81.4 Å². The van der Waals surface area contributed by atoms with Crippen molar-refractivity contribution in [2.75, 3.05) is 52.4 Å². The number of piperazine rings is 1. The molecule has 1 amide bonds. The van der Waals surface area contributed by atoms with Crippen LogP contribution in [0.2, 0.25) is 0 Å². The maximum atomic E-state index is 12.6. The molecule has 1 aliphatic rings. The van der Waals surface area contributed by atoms with Gasteiger partial charge in [0, 0.05) is 39.3 Å². The summed E-state index contributed by atoms with van der Waals surface area (Å²) in [6, 6.07) is 18.9. The van der Waals surface area contributed by atoms with Gasteiger partial charge in [0.15, 0.2) is 0 Å². The van der Waals surface area contributed by atoms with E-state index < -0.39 is 17.5 Å². The second kappa shape index (κ2) is 14.5. The van der Waals surface area contributed by atoms with Crippen LogP contribution in [0, 0.1) is 0 Å². The molecule has 9 nitrogen and oxygen atoms in total. The number of hydrogen-bond acceptors (Lipinski definition) is 8. The highest BCUT2D eigenvalue weighted by atomic mass is 16.6. The molecule has 38 heavy (non-hydrogen) atoms. The van der Waals surface area contributed by atoms with Crippen LogP contribution in [0.5, 0.6) is 0 Å². The molecule has 1 saturated heterocycles. The molecular formula is C29H39N3O6. The van der Waals surface area contributed by atoms with Crippen LogP contribution in [0.4, 0.5) is 4.79 Å². The number of carbonyl (C=O) groups is 3. The first-order valence-corrected chi connectivity index (χ1v) is 13.0. The van der Waals surface area contributed by atoms with Crippen molar-refractivity contribution in [3.63, 3.8) is 0 Å². The lowest BCUT2D eigenvalue weighted by Crippen LogP contribution is -2.51. The van der Waals surface area contributed by atoms with Gasteiger partial charge >= 0.3 is 18.0 Å². The second-order valence-electron chi connectivity index (χ2n) is 10.3. The molecule has 0 N–H and O–H groups in total. The molecule has 0 unspecified atom stereocenters. The Morgan fingerprint density at radius 3 is 1.68 bits per heavy atom. The Kier molecular flexibility index (Phi) is 11.1. The van der Waals surface area contributed by atoms with E-state index in [0.717, 1.165) is 11.1 Å². The van der Waals surface area contributed by atoms with Crippen LogP contribution < -0.4 is 0 Å². The molecule has 1 heterocycles. The number of nitrogens with zero attached hydrogens (tertiary/aromatic N) is 3. The molecule has 0 bridgehead atoms. The van der Waals surface area contributed by atoms with Crippen LogP contribution in [0.1, 0.15) is 31.9 Å². The van der Waals surface area contributed by atoms with Crippen molar-refractivity contribution >= 4 is 18.0 Å². The summed E-state index contributed by atoms with van der Waals surface area (Å²) in [5.41, 5.74) is 1.27. The summed E-state index contributed by atoms with van der Waals surface area (Å²) in [5, 5.41) is 0. The number of esters is 2. The molecule has 2 aromatic rings. The van der Waals surface area contributed by atoms with Crippen molar-refractivity contribution in [2.45, 2.75) is 39.6 Å². The minimum atomic E-state index is -0.529. The third-order valence-corrected chi connectivity index (χ3v) is 5.95. The largest absolute Gasteiger partial charge is 0.460 e. The molecule has 0 aromatic heterocycles. The first kappa shape index (κ1) is 29.1. The highest BCUT2D eigenvalue weighted by Gasteiger charge is 2.26. The van der Waals surface area contributed by atoms with E-state index in [-0.39, 0.29) is 32.4 Å². The molecule has 3 rings (SSSR count). The van der Waals surface area contributed by atoms with Crippen LogP contribution in [0.3, 0.4) is 0 Å². The lowest BCUT2D eigenvalue weighted by atomic mass is 10.2. The highest BCUT2D eigenvalue weighted by Crippen LogP contribution is 2.12. The molecule has 1 fully saturated rings. The predicted molar refractivity (Wildman–Crippen MR) is 143 cm³/mol. The van der Waals surface area contributed by atoms with E-state index in [2.05, 4.69) is 4.90 Å². The first-order chi connectivity index (χ1) is 18.2. The Morgan fingerprint density at radius 2 is 1.24 bits per heavy atom. The monoisotopic (exact) mass is 525 g/mol. The summed E-state index contributed by atoms with van der Waals surface area (Å²) in [6.07, 6.45) is -0.305. The average molecular weight is 526 g/mol. The van der Waals surface area contributed by atoms with Gasteiger partial charge in [0.05, 0.1) is 13.1 Å². The van der Waals surface area contributed by atoms with Crippen LogP contribution in [-0.2, 0) is 37.0 Å². The summed E-state index contributed by atoms with van der Waals surface area (Å²) in [5.74, 6) is -0.807. The number of benzene rings is 2. The maximum absolute atomic E-state index is 12.6. The summed E-state index contributed by atoms with van der Waals surface area (Å²) in [7, 11) is 0. The van der Waals surface area contributed by atoms with Crippen molar-refractivity contribution in [1.82, 2.24) is 14.7 Å². The molecule has 9 heteroatoms. The SMILES string of the molecule is CC(C)(C)OC(=O)N1CCN(CCN(CC(=O)OCc2ccccc2)CC(=O)OCc2ccccc2)CC1. The van der Waals surface area contributed by atoms with Gasteiger partial charge in [-0.2, -0.15) is 0 Å². The molecule has 206 valence electrons. The summed E-state index contributed by atoms with van der Waals surface area (Å²) < 4.78 is 16.3. The number of hydrogen-bond donors (Lipinski definition) is 0. The Bertz CT molecular complexity index is 960. The van der Waals surface area contributed by atoms with Crippen molar-refractivity contribution in [2.24, 2.45) is 0 Å². The summed E-state index contributed by atoms with van der Waals surface area (Å²) in [4.78, 5) is 43.2. The van der Waals surface area contributed by atoms with Gasteiger partial charge in [-0.3, -0.25) is 19.4 Å². The lowest BCUT2D eigenvalue weighted by molar-refractivity contribution is -0.150. The third kappa shape index (κ3) is 10.9. The van der Waals surface area contributed by atoms with Gasteiger partial charge in [-0.1, -0.05) is 60.7 Å². The standard InChI is InChI=1S/C29H39N3O6/c1-29(2,3)38-28(35)32-18-16-30(17-19-32)14-15-31(20-26(33)36-22-24-10-6-4-7-11-24)21-27(34)37-23-25-12-8-5-9-13-25/h4-13H,14-23H2,1-3H3. The fourth-order valence-electron chi connectivity index (χ4n) is 3.91. The number of rotatable bonds is 11. The van der Waals surface area contributed by atoms with E-state index in [0.29, 0.717) is 39.3 Å². The van der Waals surface area contributed by atoms with Crippen LogP contribution in [-0.4, -0.2) is 90.7 Å². The van der Waals surface area contributed by atoms with Crippen LogP contribution in [0.15, 0.2) is 60.7 Å². The topological polar surface area (TPSA) is 88.6 Å². The molecule has 0 spiro atoms. The number of carbonyl (C=O) groups excluding carboxylic acids is 3. The zero-order valence-electron chi connectivity index (χ0n) is 22.6. The van der Waals surface area contributed by atoms with E-state index >= 15 is 0 Å². The fourth-order valence-corrected chi connectivity index (χ4v) is 3.91. The van der Waals surface area contributed by atoms with E-state index in [9.17, 15) is 14.4 Å². The summed E-state index contributed by atoms with van der Waals surface area (Å²) >= 11 is 0. The minimum absolute atomic E-state index is 0.0227. The molecular weight excluding hydrogens is 486 g/mol. The molecule has 1 aliphatic heterocycles. The number of amides is 1. The van der Waals surface area contributed by atoms with Crippen molar-refractivity contribution in [1.29, 1.82) is 0 Å². The van der Waals surface area contributed by atoms with E-state index in [1.54, 1.807) is 9.80 Å². The van der Waals surface area contributed by atoms with Gasteiger partial charge in [-0.25, -0.2) is 4.79 Å². The van der Waals surface area contributed by atoms with Gasteiger partial charge < -0.3 is 19.1 Å².